The number of likely N-dealkylation sites (N-methyl/N-ethyl adjacent to an activating group) is 3. The fraction of sp³-hybridized carbons (Fsp3) is 0.247. The highest BCUT2D eigenvalue weighted by molar-refractivity contribution is 5.91. The van der Waals surface area contributed by atoms with E-state index < -0.39 is 54.0 Å². The molecule has 0 saturated heterocycles. The van der Waals surface area contributed by atoms with Crippen molar-refractivity contribution in [1.29, 1.82) is 0 Å². The molecule has 0 bridgehead atoms. The minimum atomic E-state index is -1.06. The number of carboxylic acid groups (broad SMARTS) is 2. The third-order valence-corrected chi connectivity index (χ3v) is 14.6. The summed E-state index contributed by atoms with van der Waals surface area (Å²) in [4.78, 5) is 90.4. The number of carboxylic acids is 2. The lowest BCUT2D eigenvalue weighted by Gasteiger charge is -2.28. The molecule has 8 aromatic carbocycles. The van der Waals surface area contributed by atoms with E-state index >= 15 is 0 Å². The molecule has 8 aromatic rings. The predicted octanol–water partition coefficient (Wildman–Crippen LogP) is 12.1. The van der Waals surface area contributed by atoms with Gasteiger partial charge in [-0.3, -0.25) is 24.1 Å². The summed E-state index contributed by atoms with van der Waals surface area (Å²) < 4.78 is 16.4. The third-order valence-electron chi connectivity index (χ3n) is 14.6. The van der Waals surface area contributed by atoms with Gasteiger partial charge in [0.15, 0.2) is 11.6 Å². The van der Waals surface area contributed by atoms with Crippen molar-refractivity contribution in [2.45, 2.75) is 82.9 Å². The molecular weight excluding hydrogens is 1110 g/mol. The number of aliphatic carboxylic acids is 2. The van der Waals surface area contributed by atoms with Gasteiger partial charge in [-0.2, -0.15) is 0 Å². The van der Waals surface area contributed by atoms with Gasteiger partial charge in [0.05, 0.1) is 23.9 Å². The molecule has 0 aliphatic carbocycles. The van der Waals surface area contributed by atoms with E-state index in [1.807, 2.05) is 243 Å². The Labute approximate surface area is 515 Å². The van der Waals surface area contributed by atoms with Crippen molar-refractivity contribution in [3.63, 3.8) is 0 Å². The van der Waals surface area contributed by atoms with E-state index in [0.717, 1.165) is 49.4 Å². The van der Waals surface area contributed by atoms with Crippen LogP contribution in [0.2, 0.25) is 0 Å². The molecule has 88 heavy (non-hydrogen) atoms. The lowest BCUT2D eigenvalue weighted by molar-refractivity contribution is -0.151. The van der Waals surface area contributed by atoms with Crippen LogP contribution in [0.4, 0.5) is 9.59 Å². The number of ketones is 2. The number of hydrogen-bond acceptors (Lipinski definition) is 11. The molecule has 8 rings (SSSR count). The number of amides is 2. The van der Waals surface area contributed by atoms with E-state index in [1.165, 1.54) is 11.9 Å². The van der Waals surface area contributed by atoms with E-state index in [1.54, 1.807) is 14.1 Å². The third kappa shape index (κ3) is 23.5. The second kappa shape index (κ2) is 36.8. The molecule has 0 aliphatic rings. The fourth-order valence-electron chi connectivity index (χ4n) is 9.55. The molecule has 15 heteroatoms. The summed E-state index contributed by atoms with van der Waals surface area (Å²) in [5.41, 5.74) is 7.24. The highest BCUT2D eigenvalue weighted by Crippen LogP contribution is 2.22. The Balaban J connectivity index is 0.000000225. The number of carbonyl (C=O) groups excluding carboxylic acids is 5. The number of ether oxygens (including phenoxy) is 3. The second-order valence-electron chi connectivity index (χ2n) is 21.1. The quantitative estimate of drug-likeness (QED) is 0.0309. The number of nitrogens with one attached hydrogen (secondary N) is 1. The molecule has 456 valence electrons. The summed E-state index contributed by atoms with van der Waals surface area (Å²) in [6, 6.07) is 73.3. The van der Waals surface area contributed by atoms with Gasteiger partial charge >= 0.3 is 30.1 Å². The van der Waals surface area contributed by atoms with Gasteiger partial charge in [0, 0.05) is 39.8 Å². The molecule has 0 saturated carbocycles. The standard InChI is InChI=1S/C35H35NO5.C20H23NO3.C18H19NO4/c1-36(35(39)41-26-30-20-12-5-13-21-30)32(23-28-16-8-3-9-17-28)33(37)24-31(22-27-14-6-2-7-15-27)34(38)40-25-29-18-10-4-11-19-29;1-21-18(13-16-10-6-3-7-11-16)19(22)14-17(20(23)24)12-15-8-4-2-5-9-15;1-19(18(22)23-13-15-10-6-3-7-11-15)16(17(20)21)12-14-8-4-2-5-9-14/h2-21,31-32H,22-26H2,1H3;2-11,17-18,21H,12-14H2,1H3,(H,23,24);2-11,16H,12-13H2,1H3,(H,20,21)/t31-,32+;17-,18+;16-/m110/s1. The van der Waals surface area contributed by atoms with E-state index in [9.17, 15) is 43.8 Å². The summed E-state index contributed by atoms with van der Waals surface area (Å²) in [6.45, 7) is 0.332. The van der Waals surface area contributed by atoms with Gasteiger partial charge in [-0.25, -0.2) is 14.4 Å². The first-order chi connectivity index (χ1) is 42.7. The molecule has 0 spiro atoms. The highest BCUT2D eigenvalue weighted by atomic mass is 16.6. The number of carbonyl (C=O) groups is 7. The average Bonchev–Trinajstić information content (AvgIpc) is 3.72. The molecule has 0 heterocycles. The van der Waals surface area contributed by atoms with Crippen LogP contribution in [0.1, 0.15) is 57.3 Å². The highest BCUT2D eigenvalue weighted by Gasteiger charge is 2.33. The number of rotatable bonds is 28. The first-order valence-electron chi connectivity index (χ1n) is 29.1. The maximum Gasteiger partial charge on any atom is 0.410 e. The average molecular weight is 1190 g/mol. The van der Waals surface area contributed by atoms with Crippen LogP contribution in [0.25, 0.3) is 0 Å². The molecule has 5 atom stereocenters. The van der Waals surface area contributed by atoms with E-state index in [2.05, 4.69) is 5.32 Å². The van der Waals surface area contributed by atoms with Crippen molar-refractivity contribution < 1.29 is 58.0 Å². The number of nitrogens with zero attached hydrogens (tertiary/aromatic N) is 2. The number of hydrogen-bond donors (Lipinski definition) is 3. The second-order valence-corrected chi connectivity index (χ2v) is 21.1. The van der Waals surface area contributed by atoms with Crippen molar-refractivity contribution in [1.82, 2.24) is 15.1 Å². The molecule has 0 aliphatic heterocycles. The Hall–Kier alpha value is -9.99. The van der Waals surface area contributed by atoms with Crippen LogP contribution in [-0.2, 0) is 90.1 Å². The van der Waals surface area contributed by atoms with Crippen molar-refractivity contribution in [3.8, 4) is 0 Å². The summed E-state index contributed by atoms with van der Waals surface area (Å²) in [7, 11) is 4.74. The maximum absolute atomic E-state index is 13.9. The Bertz CT molecular complexity index is 3370. The van der Waals surface area contributed by atoms with Crippen molar-refractivity contribution in [2.24, 2.45) is 11.8 Å². The topological polar surface area (TPSA) is 206 Å². The fourth-order valence-corrected chi connectivity index (χ4v) is 9.55. The van der Waals surface area contributed by atoms with Crippen LogP contribution >= 0.6 is 0 Å². The SMILES string of the molecule is CN(C(=O)OCc1ccccc1)[C@@H](Cc1ccccc1)C(=O)C[C@@H](Cc1ccccc1)C(=O)OCc1ccccc1.CN(C(=O)OCc1ccccc1)[C@@H](Cc1ccccc1)C(=O)O.CN[C@@H](Cc1ccccc1)C(=O)C[C@@H](Cc1ccccc1)C(=O)O. The van der Waals surface area contributed by atoms with Crippen LogP contribution in [-0.4, -0.2) is 101 Å². The van der Waals surface area contributed by atoms with Gasteiger partial charge in [-0.15, -0.1) is 0 Å². The van der Waals surface area contributed by atoms with Crippen LogP contribution in [0.5, 0.6) is 0 Å². The number of esters is 1. The Kier molecular flexibility index (Phi) is 28.0. The molecule has 3 N–H and O–H groups in total. The van der Waals surface area contributed by atoms with Gasteiger partial charge in [-0.1, -0.05) is 243 Å². The largest absolute Gasteiger partial charge is 0.481 e. The minimum absolute atomic E-state index is 0.0303. The van der Waals surface area contributed by atoms with Gasteiger partial charge in [-0.05, 0) is 70.8 Å². The maximum atomic E-state index is 13.9. The smallest absolute Gasteiger partial charge is 0.410 e. The zero-order chi connectivity index (χ0) is 62.9. The van der Waals surface area contributed by atoms with Crippen LogP contribution in [0.15, 0.2) is 243 Å². The summed E-state index contributed by atoms with van der Waals surface area (Å²) >= 11 is 0. The van der Waals surface area contributed by atoms with E-state index in [0.29, 0.717) is 25.7 Å². The normalized spacial score (nSPS) is 12.3. The Morgan fingerprint density at radius 2 is 0.636 bits per heavy atom. The minimum Gasteiger partial charge on any atom is -0.481 e. The molecule has 0 unspecified atom stereocenters. The summed E-state index contributed by atoms with van der Waals surface area (Å²) in [6.07, 6.45) is 0.504. The number of Topliss-reactive ketones (excluding diaryl/α,β-unsaturated/α-hetero) is 2. The number of benzene rings is 8. The Morgan fingerprint density at radius 3 is 0.977 bits per heavy atom. The van der Waals surface area contributed by atoms with Gasteiger partial charge in [0.25, 0.3) is 0 Å². The van der Waals surface area contributed by atoms with Gasteiger partial charge in [0.1, 0.15) is 25.9 Å². The van der Waals surface area contributed by atoms with Crippen molar-refractivity contribution in [2.75, 3.05) is 21.1 Å². The molecular formula is C73H77N3O12. The van der Waals surface area contributed by atoms with Crippen LogP contribution in [0, 0.1) is 11.8 Å². The first-order valence-corrected chi connectivity index (χ1v) is 29.1. The molecule has 2 amide bonds. The van der Waals surface area contributed by atoms with Gasteiger partial charge in [0.2, 0.25) is 0 Å². The van der Waals surface area contributed by atoms with Crippen molar-refractivity contribution in [3.05, 3.63) is 287 Å². The zero-order valence-electron chi connectivity index (χ0n) is 49.9. The monoisotopic (exact) mass is 1190 g/mol. The molecule has 0 fully saturated rings. The van der Waals surface area contributed by atoms with Crippen LogP contribution in [0.3, 0.4) is 0 Å². The lowest BCUT2D eigenvalue weighted by atomic mass is 9.90. The molecule has 15 nitrogen and oxygen atoms in total. The Morgan fingerprint density at radius 1 is 0.352 bits per heavy atom. The zero-order valence-corrected chi connectivity index (χ0v) is 49.9. The predicted molar refractivity (Wildman–Crippen MR) is 338 cm³/mol. The van der Waals surface area contributed by atoms with Crippen LogP contribution < -0.4 is 5.32 Å². The van der Waals surface area contributed by atoms with Crippen molar-refractivity contribution >= 4 is 41.7 Å². The van der Waals surface area contributed by atoms with E-state index in [4.69, 9.17) is 14.2 Å². The summed E-state index contributed by atoms with van der Waals surface area (Å²) in [5, 5.41) is 21.9. The molecule has 0 aromatic heterocycles. The lowest BCUT2D eigenvalue weighted by Crippen LogP contribution is -2.45. The van der Waals surface area contributed by atoms with Gasteiger partial charge < -0.3 is 34.6 Å². The first kappa shape index (κ1) is 67.1. The summed E-state index contributed by atoms with van der Waals surface area (Å²) in [5.74, 6) is -4.14. The van der Waals surface area contributed by atoms with E-state index in [-0.39, 0.29) is 56.7 Å². The molecule has 0 radical (unpaired) electrons.